The Balaban J connectivity index is 1.81. The van der Waals surface area contributed by atoms with Crippen molar-refractivity contribution in [3.8, 4) is 0 Å². The number of aliphatic imine (C=N–C) groups is 1. The van der Waals surface area contributed by atoms with E-state index in [1.165, 1.54) is 19.2 Å². The van der Waals surface area contributed by atoms with Gasteiger partial charge in [0.2, 0.25) is 0 Å². The number of halogens is 1. The molecule has 1 aliphatic rings. The summed E-state index contributed by atoms with van der Waals surface area (Å²) in [7, 11) is 3.16. The van der Waals surface area contributed by atoms with Gasteiger partial charge in [0.1, 0.15) is 5.82 Å². The second-order valence-electron chi connectivity index (χ2n) is 6.98. The van der Waals surface area contributed by atoms with Gasteiger partial charge in [-0.25, -0.2) is 4.39 Å². The Morgan fingerprint density at radius 1 is 1.21 bits per heavy atom. The predicted molar refractivity (Wildman–Crippen MR) is 111 cm³/mol. The minimum Gasteiger partial charge on any atom is -0.469 e. The van der Waals surface area contributed by atoms with Crippen molar-refractivity contribution < 1.29 is 18.7 Å². The van der Waals surface area contributed by atoms with Crippen LogP contribution in [0.15, 0.2) is 29.3 Å². The Kier molecular flexibility index (Phi) is 10.4. The second kappa shape index (κ2) is 13.1. The van der Waals surface area contributed by atoms with Crippen LogP contribution in [-0.2, 0) is 14.3 Å². The van der Waals surface area contributed by atoms with E-state index in [9.17, 15) is 9.18 Å². The highest BCUT2D eigenvalue weighted by atomic mass is 19.1. The summed E-state index contributed by atoms with van der Waals surface area (Å²) in [4.78, 5) is 17.8. The Bertz CT molecular complexity index is 633. The summed E-state index contributed by atoms with van der Waals surface area (Å²) in [5, 5.41) is 6.70. The van der Waals surface area contributed by atoms with Gasteiger partial charge < -0.3 is 20.1 Å². The third-order valence-electron chi connectivity index (χ3n) is 5.01. The zero-order valence-electron chi connectivity index (χ0n) is 17.5. The summed E-state index contributed by atoms with van der Waals surface area (Å²) in [5.41, 5.74) is 1.07. The molecule has 0 amide bonds. The minimum atomic E-state index is -0.230. The molecular weight excluding hydrogens is 375 g/mol. The zero-order valence-corrected chi connectivity index (χ0v) is 17.5. The van der Waals surface area contributed by atoms with Crippen LogP contribution < -0.4 is 10.6 Å². The molecule has 1 fully saturated rings. The van der Waals surface area contributed by atoms with Crippen molar-refractivity contribution in [2.45, 2.75) is 31.7 Å². The number of hydrogen-bond acceptors (Lipinski definition) is 5. The number of methoxy groups -OCH3 is 1. The van der Waals surface area contributed by atoms with Crippen LogP contribution in [-0.4, -0.2) is 70.4 Å². The average molecular weight is 409 g/mol. The number of ether oxygens (including phenoxy) is 2. The third-order valence-corrected chi connectivity index (χ3v) is 5.01. The van der Waals surface area contributed by atoms with Gasteiger partial charge in [-0.3, -0.25) is 14.7 Å². The zero-order chi connectivity index (χ0) is 20.9. The first-order valence-electron chi connectivity index (χ1n) is 10.2. The molecule has 0 spiro atoms. The first-order chi connectivity index (χ1) is 14.1. The Morgan fingerprint density at radius 3 is 2.59 bits per heavy atom. The fourth-order valence-corrected chi connectivity index (χ4v) is 3.33. The maximum Gasteiger partial charge on any atom is 0.305 e. The fraction of sp³-hybridized carbons (Fsp3) is 0.619. The van der Waals surface area contributed by atoms with Crippen LogP contribution in [0.2, 0.25) is 0 Å². The van der Waals surface area contributed by atoms with Gasteiger partial charge in [0, 0.05) is 39.6 Å². The molecule has 0 aromatic heterocycles. The number of carbonyl (C=O) groups is 1. The van der Waals surface area contributed by atoms with Gasteiger partial charge in [-0.15, -0.1) is 0 Å². The summed E-state index contributed by atoms with van der Waals surface area (Å²) in [6.45, 7) is 4.53. The number of nitrogens with zero attached hydrogens (tertiary/aromatic N) is 2. The molecule has 1 saturated heterocycles. The molecule has 162 valence electrons. The number of guanidine groups is 1. The lowest BCUT2D eigenvalue weighted by Gasteiger charge is -2.35. The second-order valence-corrected chi connectivity index (χ2v) is 6.98. The summed E-state index contributed by atoms with van der Waals surface area (Å²) < 4.78 is 23.5. The van der Waals surface area contributed by atoms with Crippen molar-refractivity contribution in [3.63, 3.8) is 0 Å². The van der Waals surface area contributed by atoms with Crippen molar-refractivity contribution in [1.29, 1.82) is 0 Å². The molecule has 8 heteroatoms. The number of unbranched alkanes of at least 4 members (excludes halogenated alkanes) is 2. The molecule has 0 aliphatic carbocycles. The van der Waals surface area contributed by atoms with Gasteiger partial charge in [-0.2, -0.15) is 0 Å². The predicted octanol–water partition coefficient (Wildman–Crippen LogP) is 2.10. The van der Waals surface area contributed by atoms with Crippen LogP contribution in [0.5, 0.6) is 0 Å². The quantitative estimate of drug-likeness (QED) is 0.267. The number of esters is 1. The van der Waals surface area contributed by atoms with Crippen LogP contribution in [0, 0.1) is 5.82 Å². The SMILES string of the molecule is CN=C(NCCCCCC(=O)OC)NCC(c1ccc(F)cc1)N1CCOCC1. The molecule has 1 atom stereocenters. The number of nitrogens with one attached hydrogen (secondary N) is 2. The van der Waals surface area contributed by atoms with Crippen molar-refractivity contribution in [2.24, 2.45) is 4.99 Å². The first kappa shape index (κ1) is 23.1. The van der Waals surface area contributed by atoms with E-state index in [1.807, 2.05) is 12.1 Å². The van der Waals surface area contributed by atoms with Crippen molar-refractivity contribution in [1.82, 2.24) is 15.5 Å². The number of carbonyl (C=O) groups excluding carboxylic acids is 1. The van der Waals surface area contributed by atoms with E-state index in [0.717, 1.165) is 50.4 Å². The Morgan fingerprint density at radius 2 is 1.93 bits per heavy atom. The van der Waals surface area contributed by atoms with E-state index in [1.54, 1.807) is 7.05 Å². The molecule has 7 nitrogen and oxygen atoms in total. The molecule has 2 N–H and O–H groups in total. The minimum absolute atomic E-state index is 0.109. The molecule has 1 aromatic carbocycles. The smallest absolute Gasteiger partial charge is 0.305 e. The largest absolute Gasteiger partial charge is 0.469 e. The van der Waals surface area contributed by atoms with E-state index in [-0.39, 0.29) is 17.8 Å². The maximum atomic E-state index is 13.3. The fourth-order valence-electron chi connectivity index (χ4n) is 3.33. The highest BCUT2D eigenvalue weighted by Crippen LogP contribution is 2.21. The molecule has 0 saturated carbocycles. The van der Waals surface area contributed by atoms with Gasteiger partial charge in [-0.05, 0) is 30.5 Å². The number of benzene rings is 1. The van der Waals surface area contributed by atoms with Gasteiger partial charge in [0.15, 0.2) is 5.96 Å². The van der Waals surface area contributed by atoms with E-state index >= 15 is 0 Å². The molecule has 1 unspecified atom stereocenters. The van der Waals surface area contributed by atoms with Crippen LogP contribution in [0.25, 0.3) is 0 Å². The van der Waals surface area contributed by atoms with E-state index in [0.29, 0.717) is 26.2 Å². The first-order valence-corrected chi connectivity index (χ1v) is 10.2. The van der Waals surface area contributed by atoms with Gasteiger partial charge >= 0.3 is 5.97 Å². The van der Waals surface area contributed by atoms with E-state index in [2.05, 4.69) is 25.3 Å². The lowest BCUT2D eigenvalue weighted by molar-refractivity contribution is -0.140. The van der Waals surface area contributed by atoms with Gasteiger partial charge in [-0.1, -0.05) is 18.6 Å². The maximum absolute atomic E-state index is 13.3. The summed E-state index contributed by atoms with van der Waals surface area (Å²) >= 11 is 0. The number of morpholine rings is 1. The molecule has 2 rings (SSSR count). The van der Waals surface area contributed by atoms with Crippen LogP contribution in [0.1, 0.15) is 37.3 Å². The van der Waals surface area contributed by atoms with Crippen LogP contribution >= 0.6 is 0 Å². The van der Waals surface area contributed by atoms with Crippen LogP contribution in [0.4, 0.5) is 4.39 Å². The van der Waals surface area contributed by atoms with Crippen LogP contribution in [0.3, 0.4) is 0 Å². The van der Waals surface area contributed by atoms with Crippen molar-refractivity contribution in [2.75, 3.05) is 53.6 Å². The van der Waals surface area contributed by atoms with Crippen molar-refractivity contribution >= 4 is 11.9 Å². The highest BCUT2D eigenvalue weighted by Gasteiger charge is 2.23. The lowest BCUT2D eigenvalue weighted by atomic mass is 10.0. The average Bonchev–Trinajstić information content (AvgIpc) is 2.76. The normalized spacial score (nSPS) is 16.3. The highest BCUT2D eigenvalue weighted by molar-refractivity contribution is 5.79. The molecule has 29 heavy (non-hydrogen) atoms. The molecule has 1 aliphatic heterocycles. The summed E-state index contributed by atoms with van der Waals surface area (Å²) in [6, 6.07) is 6.80. The molecule has 0 radical (unpaired) electrons. The van der Waals surface area contributed by atoms with E-state index < -0.39 is 0 Å². The molecule has 0 bridgehead atoms. The van der Waals surface area contributed by atoms with Crippen molar-refractivity contribution in [3.05, 3.63) is 35.6 Å². The van der Waals surface area contributed by atoms with E-state index in [4.69, 9.17) is 4.74 Å². The lowest BCUT2D eigenvalue weighted by Crippen LogP contribution is -2.46. The molecular formula is C21H33FN4O3. The molecule has 1 aromatic rings. The third kappa shape index (κ3) is 8.37. The van der Waals surface area contributed by atoms with Gasteiger partial charge in [0.05, 0.1) is 26.4 Å². The number of hydrogen-bond donors (Lipinski definition) is 2. The van der Waals surface area contributed by atoms with Gasteiger partial charge in [0.25, 0.3) is 0 Å². The molecule has 1 heterocycles. The topological polar surface area (TPSA) is 75.2 Å². The Hall–Kier alpha value is -2.19. The monoisotopic (exact) mass is 408 g/mol. The number of rotatable bonds is 10. The summed E-state index contributed by atoms with van der Waals surface area (Å²) in [5.74, 6) is 0.343. The standard InChI is InChI=1S/C21H33FN4O3/c1-23-21(24-11-5-3-4-6-20(27)28-2)25-16-19(26-12-14-29-15-13-26)17-7-9-18(22)10-8-17/h7-10,19H,3-6,11-16H2,1-2H3,(H2,23,24,25). The Labute approximate surface area is 172 Å². The summed E-state index contributed by atoms with van der Waals surface area (Å²) in [6.07, 6.45) is 3.18.